The number of aryl methyl sites for hydroxylation is 1. The standard InChI is InChI=1S/C26H30N8O4/c1-3-20(36)32-8-4-5-17(11-32)34-25-22(24(27)28-14-29-25)23(31-34)26(38)30-19-7-6-16(9-15(19)2)10-21(37)33-12-18(35)13-33/h3,6-7,9,14,17-18,35H,1,4-5,8,10-13H2,2H3,(H,30,38)(H2,27,28,29). The van der Waals surface area contributed by atoms with Gasteiger partial charge in [0, 0.05) is 31.9 Å². The number of nitrogens with one attached hydrogen (secondary N) is 1. The van der Waals surface area contributed by atoms with E-state index in [1.54, 1.807) is 26.6 Å². The third-order valence-corrected chi connectivity index (χ3v) is 7.07. The first-order chi connectivity index (χ1) is 18.2. The molecule has 0 aliphatic carbocycles. The van der Waals surface area contributed by atoms with Crippen LogP contribution < -0.4 is 11.1 Å². The van der Waals surface area contributed by atoms with Crippen LogP contribution in [0.3, 0.4) is 0 Å². The summed E-state index contributed by atoms with van der Waals surface area (Å²) in [5.74, 6) is -0.522. The van der Waals surface area contributed by atoms with Crippen molar-refractivity contribution in [2.45, 2.75) is 38.3 Å². The van der Waals surface area contributed by atoms with Crippen LogP contribution in [0.15, 0.2) is 37.2 Å². The van der Waals surface area contributed by atoms with Crippen LogP contribution in [-0.2, 0) is 16.0 Å². The lowest BCUT2D eigenvalue weighted by atomic mass is 10.0. The number of nitrogens with two attached hydrogens (primary N) is 1. The summed E-state index contributed by atoms with van der Waals surface area (Å²) in [5.41, 5.74) is 8.86. The molecule has 3 aromatic rings. The smallest absolute Gasteiger partial charge is 0.277 e. The average Bonchev–Trinajstić information content (AvgIpc) is 3.29. The van der Waals surface area contributed by atoms with E-state index in [2.05, 4.69) is 27.0 Å². The molecular weight excluding hydrogens is 488 g/mol. The van der Waals surface area contributed by atoms with Crippen molar-refractivity contribution in [1.29, 1.82) is 0 Å². The summed E-state index contributed by atoms with van der Waals surface area (Å²) < 4.78 is 1.67. The van der Waals surface area contributed by atoms with E-state index in [1.807, 2.05) is 13.0 Å². The Bertz CT molecular complexity index is 1430. The van der Waals surface area contributed by atoms with Gasteiger partial charge in [-0.25, -0.2) is 14.6 Å². The lowest BCUT2D eigenvalue weighted by Gasteiger charge is -2.36. The molecule has 5 rings (SSSR count). The number of nitrogens with zero attached hydrogens (tertiary/aromatic N) is 6. The molecule has 12 heteroatoms. The maximum Gasteiger partial charge on any atom is 0.277 e. The van der Waals surface area contributed by atoms with Gasteiger partial charge in [-0.3, -0.25) is 14.4 Å². The Morgan fingerprint density at radius 3 is 2.71 bits per heavy atom. The van der Waals surface area contributed by atoms with Crippen LogP contribution in [0.1, 0.15) is 40.5 Å². The van der Waals surface area contributed by atoms with Gasteiger partial charge in [0.1, 0.15) is 12.1 Å². The summed E-state index contributed by atoms with van der Waals surface area (Å²) >= 11 is 0. The van der Waals surface area contributed by atoms with E-state index in [-0.39, 0.29) is 35.8 Å². The van der Waals surface area contributed by atoms with E-state index in [1.165, 1.54) is 12.4 Å². The third-order valence-electron chi connectivity index (χ3n) is 7.07. The van der Waals surface area contributed by atoms with Gasteiger partial charge in [-0.15, -0.1) is 0 Å². The van der Waals surface area contributed by atoms with Gasteiger partial charge in [-0.1, -0.05) is 18.7 Å². The highest BCUT2D eigenvalue weighted by atomic mass is 16.3. The van der Waals surface area contributed by atoms with Crippen molar-refractivity contribution in [2.24, 2.45) is 0 Å². The fraction of sp³-hybridized carbons (Fsp3) is 0.385. The summed E-state index contributed by atoms with van der Waals surface area (Å²) in [6.07, 6.45) is 3.94. The number of fused-ring (bicyclic) bond motifs is 1. The zero-order valence-corrected chi connectivity index (χ0v) is 21.1. The van der Waals surface area contributed by atoms with Gasteiger partial charge >= 0.3 is 0 Å². The molecule has 12 nitrogen and oxygen atoms in total. The Labute approximate surface area is 219 Å². The van der Waals surface area contributed by atoms with Crippen molar-refractivity contribution in [1.82, 2.24) is 29.5 Å². The highest BCUT2D eigenvalue weighted by molar-refractivity contribution is 6.13. The highest BCUT2D eigenvalue weighted by Gasteiger charge is 2.30. The van der Waals surface area contributed by atoms with Crippen LogP contribution in [0.25, 0.3) is 11.0 Å². The zero-order chi connectivity index (χ0) is 27.0. The fourth-order valence-electron chi connectivity index (χ4n) is 5.00. The first-order valence-corrected chi connectivity index (χ1v) is 12.5. The molecular formula is C26H30N8O4. The molecule has 2 aromatic heterocycles. The SMILES string of the molecule is C=CC(=O)N1CCCC(n2nc(C(=O)Nc3ccc(CC(=O)N4CC(O)C4)cc3C)c3c(N)ncnc32)C1. The van der Waals surface area contributed by atoms with Gasteiger partial charge in [0.25, 0.3) is 5.91 Å². The largest absolute Gasteiger partial charge is 0.389 e. The lowest BCUT2D eigenvalue weighted by Crippen LogP contribution is -2.53. The van der Waals surface area contributed by atoms with Crippen molar-refractivity contribution >= 4 is 40.3 Å². The second kappa shape index (κ2) is 10.2. The molecule has 0 saturated carbocycles. The Kier molecular flexibility index (Phi) is 6.81. The first kappa shape index (κ1) is 25.3. The van der Waals surface area contributed by atoms with Crippen molar-refractivity contribution in [3.63, 3.8) is 0 Å². The van der Waals surface area contributed by atoms with Crippen molar-refractivity contribution < 1.29 is 19.5 Å². The number of aliphatic hydroxyl groups excluding tert-OH is 1. The van der Waals surface area contributed by atoms with Gasteiger partial charge in [0.2, 0.25) is 11.8 Å². The Morgan fingerprint density at radius 1 is 1.21 bits per heavy atom. The number of hydrogen-bond acceptors (Lipinski definition) is 8. The van der Waals surface area contributed by atoms with Gasteiger partial charge in [-0.2, -0.15) is 5.10 Å². The summed E-state index contributed by atoms with van der Waals surface area (Å²) in [5, 5.41) is 17.3. The number of aliphatic hydroxyl groups is 1. The van der Waals surface area contributed by atoms with Crippen molar-refractivity contribution in [3.8, 4) is 0 Å². The zero-order valence-electron chi connectivity index (χ0n) is 21.1. The Balaban J connectivity index is 1.38. The molecule has 198 valence electrons. The minimum Gasteiger partial charge on any atom is -0.389 e. The monoisotopic (exact) mass is 518 g/mol. The number of likely N-dealkylation sites (tertiary alicyclic amines) is 2. The topological polar surface area (TPSA) is 160 Å². The molecule has 38 heavy (non-hydrogen) atoms. The van der Waals surface area contributed by atoms with E-state index in [0.29, 0.717) is 42.9 Å². The third kappa shape index (κ3) is 4.82. The normalized spacial score (nSPS) is 17.8. The van der Waals surface area contributed by atoms with E-state index in [4.69, 9.17) is 5.73 Å². The summed E-state index contributed by atoms with van der Waals surface area (Å²) in [4.78, 5) is 49.7. The van der Waals surface area contributed by atoms with Gasteiger partial charge in [0.05, 0.1) is 24.0 Å². The number of rotatable bonds is 6. The summed E-state index contributed by atoms with van der Waals surface area (Å²) in [6, 6.07) is 5.21. The number of anilines is 2. The predicted octanol–water partition coefficient (Wildman–Crippen LogP) is 1.06. The first-order valence-electron chi connectivity index (χ1n) is 12.5. The number of benzene rings is 1. The molecule has 4 N–H and O–H groups in total. The number of amides is 3. The minimum absolute atomic E-state index is 0.0463. The van der Waals surface area contributed by atoms with Crippen molar-refractivity contribution in [3.05, 3.63) is 54.0 Å². The molecule has 3 amide bonds. The van der Waals surface area contributed by atoms with Crippen LogP contribution in [0.4, 0.5) is 11.5 Å². The highest BCUT2D eigenvalue weighted by Crippen LogP contribution is 2.29. The number of hydrogen-bond donors (Lipinski definition) is 3. The molecule has 0 spiro atoms. The summed E-state index contributed by atoms with van der Waals surface area (Å²) in [7, 11) is 0. The van der Waals surface area contributed by atoms with E-state index in [9.17, 15) is 19.5 Å². The van der Waals surface area contributed by atoms with E-state index < -0.39 is 12.0 Å². The number of aromatic nitrogens is 4. The quantitative estimate of drug-likeness (QED) is 0.409. The molecule has 1 aromatic carbocycles. The molecule has 0 bridgehead atoms. The Morgan fingerprint density at radius 2 is 2.00 bits per heavy atom. The number of β-amino-alcohol motifs (C(OH)–C–C–N with tert-alkyl or cyclic N) is 1. The fourth-order valence-corrected chi connectivity index (χ4v) is 5.00. The molecule has 0 radical (unpaired) electrons. The molecule has 2 aliphatic heterocycles. The van der Waals surface area contributed by atoms with Crippen LogP contribution in [0.2, 0.25) is 0 Å². The van der Waals surface area contributed by atoms with Gasteiger partial charge in [-0.05, 0) is 43.0 Å². The predicted molar refractivity (Wildman–Crippen MR) is 140 cm³/mol. The van der Waals surface area contributed by atoms with Gasteiger partial charge < -0.3 is 26.0 Å². The number of piperidine rings is 1. The minimum atomic E-state index is -0.466. The van der Waals surface area contributed by atoms with Crippen molar-refractivity contribution in [2.75, 3.05) is 37.2 Å². The van der Waals surface area contributed by atoms with Crippen LogP contribution in [0, 0.1) is 6.92 Å². The Hall–Kier alpha value is -4.32. The van der Waals surface area contributed by atoms with Crippen LogP contribution in [-0.4, -0.2) is 84.7 Å². The molecule has 4 heterocycles. The number of carbonyl (C=O) groups is 3. The van der Waals surface area contributed by atoms with Crippen LogP contribution >= 0.6 is 0 Å². The molecule has 2 saturated heterocycles. The second-order valence-corrected chi connectivity index (χ2v) is 9.77. The average molecular weight is 519 g/mol. The second-order valence-electron chi connectivity index (χ2n) is 9.77. The van der Waals surface area contributed by atoms with Gasteiger partial charge in [0.15, 0.2) is 11.3 Å². The van der Waals surface area contributed by atoms with E-state index in [0.717, 1.165) is 24.0 Å². The maximum atomic E-state index is 13.4. The molecule has 2 aliphatic rings. The molecule has 2 fully saturated rings. The molecule has 1 unspecified atom stereocenters. The number of carbonyl (C=O) groups excluding carboxylic acids is 3. The van der Waals surface area contributed by atoms with Crippen LogP contribution in [0.5, 0.6) is 0 Å². The molecule has 1 atom stereocenters. The maximum absolute atomic E-state index is 13.4. The van der Waals surface area contributed by atoms with E-state index >= 15 is 0 Å². The number of nitrogen functional groups attached to an aromatic ring is 1. The lowest BCUT2D eigenvalue weighted by molar-refractivity contribution is -0.140. The summed E-state index contributed by atoms with van der Waals surface area (Å²) in [6.45, 7) is 7.20.